The van der Waals surface area contributed by atoms with Crippen LogP contribution < -0.4 is 11.5 Å². The number of nitrogens with two attached hydrogens (primary N) is 2. The molecular formula is C20H28N2O2. The summed E-state index contributed by atoms with van der Waals surface area (Å²) >= 11 is 0. The third-order valence-electron chi connectivity index (χ3n) is 3.91. The number of hydrogen-bond acceptors (Lipinski definition) is 4. The molecule has 0 saturated carbocycles. The van der Waals surface area contributed by atoms with Crippen LogP contribution >= 0.6 is 0 Å². The maximum Gasteiger partial charge on any atom is 0.120 e. The fourth-order valence-electron chi connectivity index (χ4n) is 2.68. The van der Waals surface area contributed by atoms with Crippen molar-refractivity contribution in [3.8, 4) is 0 Å². The summed E-state index contributed by atoms with van der Waals surface area (Å²) in [5.41, 5.74) is 9.14. The van der Waals surface area contributed by atoms with Crippen molar-refractivity contribution in [3.05, 3.63) is 71.8 Å². The highest BCUT2D eigenvalue weighted by atomic mass is 16.5. The zero-order valence-corrected chi connectivity index (χ0v) is 13.9. The molecule has 0 bridgehead atoms. The molecule has 0 spiro atoms. The molecule has 2 rings (SSSR count). The Kier molecular flexibility index (Phi) is 5.81. The Morgan fingerprint density at radius 2 is 1.62 bits per heavy atom. The Bertz CT molecular complexity index is 615. The molecule has 1 unspecified atom stereocenters. The standard InChI is InChI=1S/C20H28N2O2/c1-2-23-13-14-24-20(19(21)22,15-17-9-5-3-6-10-17)16-18-11-7-4-8-12-18/h3-12,19H,2,13-16,21-22H2,1H3/i1D,19D/hD. The third-order valence-corrected chi connectivity index (χ3v) is 3.91. The zero-order chi connectivity index (χ0) is 19.6. The molecule has 0 amide bonds. The van der Waals surface area contributed by atoms with Crippen LogP contribution in [0.15, 0.2) is 60.7 Å². The maximum atomic E-state index is 8.58. The number of benzene rings is 2. The van der Waals surface area contributed by atoms with Gasteiger partial charge in [-0.1, -0.05) is 60.7 Å². The van der Waals surface area contributed by atoms with Gasteiger partial charge in [-0.05, 0) is 18.0 Å². The number of hydrogen-bond donors (Lipinski definition) is 2. The molecule has 2 aromatic carbocycles. The highest BCUT2D eigenvalue weighted by Crippen LogP contribution is 2.25. The quantitative estimate of drug-likeness (QED) is 0.490. The highest BCUT2D eigenvalue weighted by molar-refractivity contribution is 5.23. The highest BCUT2D eigenvalue weighted by Gasteiger charge is 2.36. The summed E-state index contributed by atoms with van der Waals surface area (Å²) in [5.74, 6) is 0. The van der Waals surface area contributed by atoms with Gasteiger partial charge in [-0.15, -0.1) is 0 Å². The summed E-state index contributed by atoms with van der Waals surface area (Å²) in [7, 11) is 0. The number of ether oxygens (including phenoxy) is 2. The van der Waals surface area contributed by atoms with Gasteiger partial charge in [-0.25, -0.2) is 0 Å². The minimum Gasteiger partial charge on any atom is -0.379 e. The maximum absolute atomic E-state index is 8.58. The van der Waals surface area contributed by atoms with Gasteiger partial charge in [0.15, 0.2) is 0 Å². The molecule has 2 aromatic rings. The number of rotatable bonds is 11. The van der Waals surface area contributed by atoms with Gasteiger partial charge in [0.1, 0.15) is 7.01 Å². The molecule has 4 heteroatoms. The fourth-order valence-corrected chi connectivity index (χ4v) is 2.68. The molecule has 0 aliphatic rings. The zero-order valence-electron chi connectivity index (χ0n) is 16.9. The van der Waals surface area contributed by atoms with Gasteiger partial charge in [-0.3, -0.25) is 0 Å². The Labute approximate surface area is 149 Å². The van der Waals surface area contributed by atoms with E-state index >= 15 is 0 Å². The first-order valence-corrected chi connectivity index (χ1v) is 8.09. The summed E-state index contributed by atoms with van der Waals surface area (Å²) < 4.78 is 34.9. The summed E-state index contributed by atoms with van der Waals surface area (Å²) in [6.45, 7) is 1.04. The monoisotopic (exact) mass is 331 g/mol. The van der Waals surface area contributed by atoms with E-state index in [4.69, 9.17) is 19.4 Å². The van der Waals surface area contributed by atoms with Crippen LogP contribution in [0, 0.1) is 0 Å². The lowest BCUT2D eigenvalue weighted by atomic mass is 9.85. The van der Waals surface area contributed by atoms with Crippen LogP contribution in [0.1, 0.15) is 20.8 Å². The summed E-state index contributed by atoms with van der Waals surface area (Å²) in [6, 6.07) is 19.4. The van der Waals surface area contributed by atoms with E-state index < -0.39 is 11.7 Å². The second kappa shape index (κ2) is 9.55. The molecule has 0 saturated heterocycles. The van der Waals surface area contributed by atoms with Crippen molar-refractivity contribution >= 4 is 0 Å². The van der Waals surface area contributed by atoms with Crippen molar-refractivity contribution in [2.45, 2.75) is 31.5 Å². The van der Waals surface area contributed by atoms with Crippen LogP contribution in [-0.4, -0.2) is 31.6 Å². The van der Waals surface area contributed by atoms with Gasteiger partial charge in [0, 0.05) is 20.8 Å². The van der Waals surface area contributed by atoms with E-state index in [0.29, 0.717) is 26.1 Å². The molecule has 4 nitrogen and oxygen atoms in total. The molecule has 1 atom stereocenters. The van der Waals surface area contributed by atoms with E-state index in [9.17, 15) is 0 Å². The van der Waals surface area contributed by atoms with Gasteiger partial charge in [0.25, 0.3) is 0 Å². The molecule has 0 radical (unpaired) electrons. The van der Waals surface area contributed by atoms with Crippen molar-refractivity contribution in [1.82, 2.24) is 0 Å². The van der Waals surface area contributed by atoms with E-state index in [1.807, 2.05) is 60.7 Å². The average Bonchev–Trinajstić information content (AvgIpc) is 2.69. The smallest absolute Gasteiger partial charge is 0.120 e. The second-order valence-corrected chi connectivity index (χ2v) is 5.69. The van der Waals surface area contributed by atoms with E-state index in [1.165, 1.54) is 0 Å². The summed E-state index contributed by atoms with van der Waals surface area (Å²) in [4.78, 5) is 0. The van der Waals surface area contributed by atoms with Gasteiger partial charge < -0.3 is 20.9 Å². The first-order valence-electron chi connectivity index (χ1n) is 9.80. The SMILES string of the molecule is [2H]CCOCCOC(Cc1ccccc1)(Cc1ccccc1)C([2H])(N)N[2H]. The Balaban J connectivity index is 2.31. The van der Waals surface area contributed by atoms with Crippen LogP contribution in [-0.2, 0) is 22.3 Å². The minimum absolute atomic E-state index is 0.187. The lowest BCUT2D eigenvalue weighted by Crippen LogP contribution is -2.58. The molecular weight excluding hydrogens is 300 g/mol. The van der Waals surface area contributed by atoms with E-state index in [1.54, 1.807) is 0 Å². The topological polar surface area (TPSA) is 70.5 Å². The van der Waals surface area contributed by atoms with Crippen molar-refractivity contribution in [3.63, 3.8) is 0 Å². The van der Waals surface area contributed by atoms with Crippen molar-refractivity contribution in [2.24, 2.45) is 11.5 Å². The van der Waals surface area contributed by atoms with Crippen LogP contribution in [0.2, 0.25) is 1.41 Å². The molecule has 0 heterocycles. The largest absolute Gasteiger partial charge is 0.379 e. The van der Waals surface area contributed by atoms with E-state index in [0.717, 1.165) is 11.1 Å². The predicted molar refractivity (Wildman–Crippen MR) is 97.6 cm³/mol. The first kappa shape index (κ1) is 14.6. The lowest BCUT2D eigenvalue weighted by Gasteiger charge is -2.37. The fraction of sp³-hybridized carbons (Fsp3) is 0.400. The average molecular weight is 331 g/mol. The molecule has 0 aliphatic carbocycles. The van der Waals surface area contributed by atoms with Gasteiger partial charge >= 0.3 is 0 Å². The Morgan fingerprint density at radius 1 is 1.04 bits per heavy atom. The van der Waals surface area contributed by atoms with Gasteiger partial charge in [0.05, 0.1) is 20.7 Å². The molecule has 130 valence electrons. The Morgan fingerprint density at radius 3 is 2.12 bits per heavy atom. The second-order valence-electron chi connectivity index (χ2n) is 5.69. The van der Waals surface area contributed by atoms with Crippen LogP contribution in [0.3, 0.4) is 0 Å². The third kappa shape index (κ3) is 5.42. The summed E-state index contributed by atoms with van der Waals surface area (Å²) in [5, 5.41) is 0. The predicted octanol–water partition coefficient (Wildman–Crippen LogP) is 2.51. The minimum atomic E-state index is -1.84. The first-order chi connectivity index (χ1) is 13.0. The summed E-state index contributed by atoms with van der Waals surface area (Å²) in [6.07, 6.45) is -1.10. The van der Waals surface area contributed by atoms with Crippen LogP contribution in [0.25, 0.3) is 0 Å². The normalized spacial score (nSPS) is 16.0. The van der Waals surface area contributed by atoms with Gasteiger partial charge in [-0.2, -0.15) is 0 Å². The molecule has 4 N–H and O–H groups in total. The Hall–Kier alpha value is -1.72. The molecule has 24 heavy (non-hydrogen) atoms. The molecule has 0 aromatic heterocycles. The lowest BCUT2D eigenvalue weighted by molar-refractivity contribution is -0.0805. The van der Waals surface area contributed by atoms with E-state index in [-0.39, 0.29) is 13.5 Å². The van der Waals surface area contributed by atoms with Crippen molar-refractivity contribution in [1.29, 1.82) is 0 Å². The molecule has 0 fully saturated rings. The van der Waals surface area contributed by atoms with Crippen molar-refractivity contribution in [2.75, 3.05) is 19.8 Å². The van der Waals surface area contributed by atoms with Crippen LogP contribution in [0.5, 0.6) is 0 Å². The molecule has 0 aliphatic heterocycles. The van der Waals surface area contributed by atoms with Crippen molar-refractivity contribution < 1.29 is 13.6 Å². The van der Waals surface area contributed by atoms with Gasteiger partial charge in [0.2, 0.25) is 0 Å². The van der Waals surface area contributed by atoms with Crippen LogP contribution in [0.4, 0.5) is 0 Å². The van der Waals surface area contributed by atoms with E-state index in [2.05, 4.69) is 5.73 Å².